The summed E-state index contributed by atoms with van der Waals surface area (Å²) in [5, 5.41) is 7.17. The number of hydrazine groups is 1. The van der Waals surface area contributed by atoms with Gasteiger partial charge >= 0.3 is 0 Å². The third kappa shape index (κ3) is 5.36. The van der Waals surface area contributed by atoms with Gasteiger partial charge in [-0.3, -0.25) is 25.2 Å². The lowest BCUT2D eigenvalue weighted by Gasteiger charge is -2.20. The van der Waals surface area contributed by atoms with E-state index < -0.39 is 17.9 Å². The molecule has 0 aliphatic carbocycles. The molecule has 0 unspecified atom stereocenters. The van der Waals surface area contributed by atoms with E-state index in [1.54, 1.807) is 24.7 Å². The Morgan fingerprint density at radius 3 is 2.10 bits per heavy atom. The smallest absolute Gasteiger partial charge is 0.273 e. The Morgan fingerprint density at radius 2 is 1.52 bits per heavy atom. The monoisotopic (exact) mass is 419 g/mol. The van der Waals surface area contributed by atoms with Crippen LogP contribution in [0.2, 0.25) is 0 Å². The zero-order valence-electron chi connectivity index (χ0n) is 17.6. The molecule has 0 aliphatic rings. The Balaban J connectivity index is 1.85. The molecule has 0 fully saturated rings. The van der Waals surface area contributed by atoms with Crippen molar-refractivity contribution in [2.24, 2.45) is 5.92 Å². The van der Waals surface area contributed by atoms with Gasteiger partial charge in [0.15, 0.2) is 0 Å². The molecule has 160 valence electrons. The lowest BCUT2D eigenvalue weighted by atomic mass is 10.0. The lowest BCUT2D eigenvalue weighted by Crippen LogP contribution is -2.54. The molecule has 8 nitrogen and oxygen atoms in total. The molecule has 0 aliphatic heterocycles. The summed E-state index contributed by atoms with van der Waals surface area (Å²) in [6.07, 6.45) is 1.62. The number of carbonyl (C=O) groups excluding carboxylic acids is 3. The van der Waals surface area contributed by atoms with E-state index in [-0.39, 0.29) is 11.8 Å². The van der Waals surface area contributed by atoms with Gasteiger partial charge in [0.25, 0.3) is 11.8 Å². The largest absolute Gasteiger partial charge is 0.344 e. The van der Waals surface area contributed by atoms with Crippen molar-refractivity contribution in [1.82, 2.24) is 25.9 Å². The molecule has 31 heavy (non-hydrogen) atoms. The van der Waals surface area contributed by atoms with Crippen LogP contribution in [-0.2, 0) is 9.59 Å². The Kier molecular flexibility index (Phi) is 6.81. The molecule has 3 N–H and O–H groups in total. The first-order valence-corrected chi connectivity index (χ1v) is 9.94. The fourth-order valence-corrected chi connectivity index (χ4v) is 3.08. The first-order valence-electron chi connectivity index (χ1n) is 9.94. The first-order chi connectivity index (χ1) is 14.9. The topological polar surface area (TPSA) is 105 Å². The summed E-state index contributed by atoms with van der Waals surface area (Å²) in [5.74, 6) is -1.49. The summed E-state index contributed by atoms with van der Waals surface area (Å²) in [6, 6.07) is 18.0. The van der Waals surface area contributed by atoms with Gasteiger partial charge in [0.1, 0.15) is 11.7 Å². The van der Waals surface area contributed by atoms with Crippen molar-refractivity contribution in [3.8, 4) is 16.9 Å². The number of hydrogen-bond donors (Lipinski definition) is 3. The molecule has 0 saturated heterocycles. The standard InChI is InChI=1S/C23H25N5O3/c1-15(2)20(24-16(3)29)23(31)26-25-22(30)19-14-28(18-12-8-5-9-13-18)27-21(19)17-10-6-4-7-11-17/h4-15,20H,1-3H3,(H,24,29)(H,25,30)(H,26,31)/t20-/m1/s1. The van der Waals surface area contributed by atoms with Gasteiger partial charge in [0.2, 0.25) is 5.91 Å². The number of amides is 3. The number of benzene rings is 2. The van der Waals surface area contributed by atoms with Gasteiger partial charge in [-0.05, 0) is 18.1 Å². The molecular weight excluding hydrogens is 394 g/mol. The number of carbonyl (C=O) groups is 3. The molecule has 0 bridgehead atoms. The highest BCUT2D eigenvalue weighted by Gasteiger charge is 2.24. The van der Waals surface area contributed by atoms with Crippen LogP contribution in [0.3, 0.4) is 0 Å². The Labute approximate surface area is 180 Å². The second-order valence-electron chi connectivity index (χ2n) is 7.40. The van der Waals surface area contributed by atoms with E-state index in [2.05, 4.69) is 21.3 Å². The third-order valence-electron chi connectivity index (χ3n) is 4.63. The average Bonchev–Trinajstić information content (AvgIpc) is 3.22. The highest BCUT2D eigenvalue weighted by atomic mass is 16.2. The van der Waals surface area contributed by atoms with Crippen molar-refractivity contribution in [1.29, 1.82) is 0 Å². The molecule has 1 atom stereocenters. The van der Waals surface area contributed by atoms with Crippen molar-refractivity contribution in [2.75, 3.05) is 0 Å². The number of hydrogen-bond acceptors (Lipinski definition) is 4. The number of para-hydroxylation sites is 1. The maximum absolute atomic E-state index is 12.9. The Morgan fingerprint density at radius 1 is 0.903 bits per heavy atom. The molecule has 0 saturated carbocycles. The molecule has 3 rings (SSSR count). The van der Waals surface area contributed by atoms with Gasteiger partial charge in [0, 0.05) is 18.7 Å². The lowest BCUT2D eigenvalue weighted by molar-refractivity contribution is -0.129. The molecule has 3 aromatic rings. The summed E-state index contributed by atoms with van der Waals surface area (Å²) in [5.41, 5.74) is 7.20. The number of aromatic nitrogens is 2. The Bertz CT molecular complexity index is 1060. The molecule has 8 heteroatoms. The van der Waals surface area contributed by atoms with Crippen LogP contribution in [0, 0.1) is 5.92 Å². The van der Waals surface area contributed by atoms with E-state index in [4.69, 9.17) is 0 Å². The van der Waals surface area contributed by atoms with Crippen LogP contribution in [0.5, 0.6) is 0 Å². The van der Waals surface area contributed by atoms with Crippen LogP contribution in [0.15, 0.2) is 66.9 Å². The second-order valence-corrected chi connectivity index (χ2v) is 7.40. The van der Waals surface area contributed by atoms with Gasteiger partial charge in [0.05, 0.1) is 11.3 Å². The van der Waals surface area contributed by atoms with E-state index >= 15 is 0 Å². The van der Waals surface area contributed by atoms with E-state index in [1.807, 2.05) is 60.7 Å². The number of nitrogens with one attached hydrogen (secondary N) is 3. The maximum Gasteiger partial charge on any atom is 0.273 e. The average molecular weight is 419 g/mol. The summed E-state index contributed by atoms with van der Waals surface area (Å²) < 4.78 is 1.62. The fourth-order valence-electron chi connectivity index (χ4n) is 3.08. The third-order valence-corrected chi connectivity index (χ3v) is 4.63. The molecule has 0 spiro atoms. The maximum atomic E-state index is 12.9. The minimum atomic E-state index is -0.765. The predicted molar refractivity (Wildman–Crippen MR) is 117 cm³/mol. The molecule has 0 radical (unpaired) electrons. The van der Waals surface area contributed by atoms with Crippen LogP contribution in [0.1, 0.15) is 31.1 Å². The second kappa shape index (κ2) is 9.71. The summed E-state index contributed by atoms with van der Waals surface area (Å²) in [6.45, 7) is 4.95. The van der Waals surface area contributed by atoms with E-state index in [9.17, 15) is 14.4 Å². The van der Waals surface area contributed by atoms with Crippen molar-refractivity contribution in [2.45, 2.75) is 26.8 Å². The van der Waals surface area contributed by atoms with Crippen molar-refractivity contribution >= 4 is 17.7 Å². The summed E-state index contributed by atoms with van der Waals surface area (Å²) in [4.78, 5) is 36.8. The van der Waals surface area contributed by atoms with Gasteiger partial charge in [-0.15, -0.1) is 0 Å². The first kappa shape index (κ1) is 21.8. The van der Waals surface area contributed by atoms with E-state index in [0.717, 1.165) is 11.3 Å². The molecule has 3 amide bonds. The molecule has 1 aromatic heterocycles. The quantitative estimate of drug-likeness (QED) is 0.534. The number of nitrogens with zero attached hydrogens (tertiary/aromatic N) is 2. The van der Waals surface area contributed by atoms with Crippen LogP contribution in [-0.4, -0.2) is 33.5 Å². The van der Waals surface area contributed by atoms with Crippen LogP contribution in [0.4, 0.5) is 0 Å². The highest BCUT2D eigenvalue weighted by molar-refractivity contribution is 6.01. The molecule has 2 aromatic carbocycles. The predicted octanol–water partition coefficient (Wildman–Crippen LogP) is 2.46. The minimum Gasteiger partial charge on any atom is -0.344 e. The molecule has 1 heterocycles. The minimum absolute atomic E-state index is 0.151. The molecular formula is C23H25N5O3. The summed E-state index contributed by atoms with van der Waals surface area (Å²) >= 11 is 0. The van der Waals surface area contributed by atoms with Gasteiger partial charge < -0.3 is 5.32 Å². The van der Waals surface area contributed by atoms with Crippen LogP contribution < -0.4 is 16.2 Å². The zero-order valence-corrected chi connectivity index (χ0v) is 17.6. The van der Waals surface area contributed by atoms with Gasteiger partial charge in [-0.2, -0.15) is 5.10 Å². The Hall–Kier alpha value is -3.94. The highest BCUT2D eigenvalue weighted by Crippen LogP contribution is 2.23. The van der Waals surface area contributed by atoms with Crippen LogP contribution >= 0.6 is 0 Å². The SMILES string of the molecule is CC(=O)N[C@@H](C(=O)NNC(=O)c1cn(-c2ccccc2)nc1-c1ccccc1)C(C)C. The number of rotatable bonds is 6. The van der Waals surface area contributed by atoms with Gasteiger partial charge in [-0.25, -0.2) is 4.68 Å². The fraction of sp³-hybridized carbons (Fsp3) is 0.217. The summed E-state index contributed by atoms with van der Waals surface area (Å²) in [7, 11) is 0. The zero-order chi connectivity index (χ0) is 22.4. The van der Waals surface area contributed by atoms with E-state index in [0.29, 0.717) is 11.3 Å². The van der Waals surface area contributed by atoms with Crippen LogP contribution in [0.25, 0.3) is 16.9 Å². The van der Waals surface area contributed by atoms with Crippen molar-refractivity contribution in [3.63, 3.8) is 0 Å². The van der Waals surface area contributed by atoms with E-state index in [1.165, 1.54) is 6.92 Å². The van der Waals surface area contributed by atoms with Crippen molar-refractivity contribution in [3.05, 3.63) is 72.4 Å². The van der Waals surface area contributed by atoms with Gasteiger partial charge in [-0.1, -0.05) is 62.4 Å². The normalized spacial score (nSPS) is 11.6. The van der Waals surface area contributed by atoms with Crippen molar-refractivity contribution < 1.29 is 14.4 Å².